The Hall–Kier alpha value is -3.32. The number of aliphatic imine (C=N–C) groups is 2. The number of fused-ring (bicyclic) bond motifs is 1. The van der Waals surface area contributed by atoms with Gasteiger partial charge >= 0.3 is 5.69 Å². The lowest BCUT2D eigenvalue weighted by Crippen LogP contribution is -2.58. The second kappa shape index (κ2) is 10.9. The fraction of sp³-hybridized carbons (Fsp3) is 0.667. The molecule has 4 aliphatic rings. The summed E-state index contributed by atoms with van der Waals surface area (Å²) in [6, 6.07) is 6.05. The van der Waals surface area contributed by atoms with Crippen LogP contribution in [0.25, 0.3) is 5.69 Å². The first-order chi connectivity index (χ1) is 19.3. The van der Waals surface area contributed by atoms with Crippen LogP contribution >= 0.6 is 0 Å². The van der Waals surface area contributed by atoms with Gasteiger partial charge in [-0.05, 0) is 74.7 Å². The number of amidine groups is 1. The number of hydrogen-bond acceptors (Lipinski definition) is 10. The minimum absolute atomic E-state index is 0.0255. The normalized spacial score (nSPS) is 28.6. The van der Waals surface area contributed by atoms with Crippen LogP contribution in [0.3, 0.4) is 0 Å². The number of anilines is 1. The molecule has 3 fully saturated rings. The van der Waals surface area contributed by atoms with Gasteiger partial charge in [0.25, 0.3) is 0 Å². The van der Waals surface area contributed by atoms with E-state index >= 15 is 0 Å². The summed E-state index contributed by atoms with van der Waals surface area (Å²) < 4.78 is 29.0. The molecule has 3 saturated heterocycles. The zero-order chi connectivity index (χ0) is 27.9. The molecule has 12 nitrogen and oxygen atoms in total. The van der Waals surface area contributed by atoms with Gasteiger partial charge in [0.05, 0.1) is 13.2 Å². The summed E-state index contributed by atoms with van der Waals surface area (Å²) in [6.45, 7) is 6.95. The molecule has 2 N–H and O–H groups in total. The highest BCUT2D eigenvalue weighted by atomic mass is 19.1. The molecule has 5 heterocycles. The third-order valence-electron chi connectivity index (χ3n) is 8.36. The number of benzene rings is 1. The van der Waals surface area contributed by atoms with E-state index in [1.165, 1.54) is 30.8 Å². The summed E-state index contributed by atoms with van der Waals surface area (Å²) in [7, 11) is 1.54. The quantitative estimate of drug-likeness (QED) is 0.555. The van der Waals surface area contributed by atoms with E-state index in [4.69, 9.17) is 9.47 Å². The van der Waals surface area contributed by atoms with Crippen LogP contribution in [0.2, 0.25) is 0 Å². The van der Waals surface area contributed by atoms with Gasteiger partial charge in [0, 0.05) is 49.4 Å². The smallest absolute Gasteiger partial charge is 0.368 e. The summed E-state index contributed by atoms with van der Waals surface area (Å²) in [5, 5.41) is 14.5. The van der Waals surface area contributed by atoms with E-state index in [9.17, 15) is 9.18 Å². The summed E-state index contributed by atoms with van der Waals surface area (Å²) in [4.78, 5) is 24.2. The van der Waals surface area contributed by atoms with Crippen molar-refractivity contribution in [1.82, 2.24) is 30.0 Å². The van der Waals surface area contributed by atoms with Crippen molar-refractivity contribution in [2.75, 3.05) is 25.1 Å². The monoisotopic (exact) mass is 555 g/mol. The zero-order valence-electron chi connectivity index (χ0n) is 23.3. The molecule has 0 amide bonds. The standard InChI is InChI=1S/C27H38FN9O3/c1-27(2)15-18(13-19-5-4-10-36(19)27)30-24-21(28)16-29-25(32-24)31-17-6-7-23(40-20-8-11-39-12-9-20)22(14-17)37-26(38)35(3)33-34-37/h6-7,14,16,18-21,25,31H,4-5,8-13,15H2,1-3H3,(H,30,32). The van der Waals surface area contributed by atoms with Gasteiger partial charge in [-0.2, -0.15) is 9.36 Å². The number of alkyl halides is 1. The molecule has 1 aromatic heterocycles. The summed E-state index contributed by atoms with van der Waals surface area (Å²) in [5.74, 6) is 0.812. The molecule has 40 heavy (non-hydrogen) atoms. The van der Waals surface area contributed by atoms with Crippen molar-refractivity contribution in [3.05, 3.63) is 28.7 Å². The summed E-state index contributed by atoms with van der Waals surface area (Å²) in [5.41, 5.74) is 0.749. The zero-order valence-corrected chi connectivity index (χ0v) is 23.3. The van der Waals surface area contributed by atoms with Gasteiger partial charge in [0.15, 0.2) is 6.17 Å². The van der Waals surface area contributed by atoms with Crippen molar-refractivity contribution < 1.29 is 13.9 Å². The average molecular weight is 556 g/mol. The lowest BCUT2D eigenvalue weighted by molar-refractivity contribution is 0.0255. The lowest BCUT2D eigenvalue weighted by atomic mass is 9.83. The van der Waals surface area contributed by atoms with Gasteiger partial charge in [-0.1, -0.05) is 0 Å². The molecule has 0 bridgehead atoms. The van der Waals surface area contributed by atoms with E-state index in [-0.39, 0.29) is 17.7 Å². The van der Waals surface area contributed by atoms with Crippen LogP contribution < -0.4 is 21.1 Å². The topological polar surface area (TPSA) is 123 Å². The third kappa shape index (κ3) is 5.49. The Morgan fingerprint density at radius 1 is 1.15 bits per heavy atom. The SMILES string of the molecule is Cn1nnn(-c2cc(NC3N=CC(F)C(NC4CC5CCCN5C(C)(C)C4)=N3)ccc2OC2CCOCC2)c1=O. The third-order valence-corrected chi connectivity index (χ3v) is 8.36. The number of piperidine rings is 1. The van der Waals surface area contributed by atoms with Gasteiger partial charge in [-0.25, -0.2) is 19.2 Å². The molecule has 0 saturated carbocycles. The first kappa shape index (κ1) is 26.9. The van der Waals surface area contributed by atoms with E-state index < -0.39 is 18.2 Å². The largest absolute Gasteiger partial charge is 0.488 e. The highest BCUT2D eigenvalue weighted by Crippen LogP contribution is 2.37. The number of aromatic nitrogens is 4. The van der Waals surface area contributed by atoms with E-state index in [0.717, 1.165) is 36.9 Å². The maximum Gasteiger partial charge on any atom is 0.368 e. The molecule has 2 aromatic rings. The lowest BCUT2D eigenvalue weighted by Gasteiger charge is -2.48. The van der Waals surface area contributed by atoms with E-state index in [0.29, 0.717) is 42.2 Å². The fourth-order valence-electron chi connectivity index (χ4n) is 6.44. The number of rotatable bonds is 6. The summed E-state index contributed by atoms with van der Waals surface area (Å²) in [6.07, 6.45) is 4.99. The Bertz CT molecular complexity index is 1330. The molecule has 216 valence electrons. The van der Waals surface area contributed by atoms with Crippen molar-refractivity contribution in [2.24, 2.45) is 17.0 Å². The van der Waals surface area contributed by atoms with Crippen molar-refractivity contribution in [3.8, 4) is 11.4 Å². The van der Waals surface area contributed by atoms with Crippen LogP contribution in [0.1, 0.15) is 52.4 Å². The number of nitrogens with zero attached hydrogens (tertiary/aromatic N) is 7. The number of nitrogens with one attached hydrogen (secondary N) is 2. The molecule has 4 unspecified atom stereocenters. The van der Waals surface area contributed by atoms with Crippen molar-refractivity contribution in [2.45, 2.75) is 88.6 Å². The van der Waals surface area contributed by atoms with Gasteiger partial charge in [-0.3, -0.25) is 4.90 Å². The Morgan fingerprint density at radius 3 is 2.75 bits per heavy atom. The maximum atomic E-state index is 14.9. The van der Waals surface area contributed by atoms with Gasteiger partial charge < -0.3 is 20.1 Å². The molecule has 0 radical (unpaired) electrons. The maximum absolute atomic E-state index is 14.9. The number of hydrogen-bond donors (Lipinski definition) is 2. The molecule has 6 rings (SSSR count). The van der Waals surface area contributed by atoms with Crippen molar-refractivity contribution >= 4 is 17.7 Å². The number of aryl methyl sites for hydroxylation is 1. The highest BCUT2D eigenvalue weighted by Gasteiger charge is 2.43. The predicted molar refractivity (Wildman–Crippen MR) is 149 cm³/mol. The van der Waals surface area contributed by atoms with E-state index in [2.05, 4.69) is 49.8 Å². The molecule has 13 heteroatoms. The Morgan fingerprint density at radius 2 is 1.98 bits per heavy atom. The van der Waals surface area contributed by atoms with Gasteiger partial charge in [0.2, 0.25) is 6.29 Å². The fourth-order valence-corrected chi connectivity index (χ4v) is 6.44. The van der Waals surface area contributed by atoms with Gasteiger partial charge in [-0.15, -0.1) is 0 Å². The molecule has 4 atom stereocenters. The number of halogens is 1. The first-order valence-electron chi connectivity index (χ1n) is 14.2. The second-order valence-electron chi connectivity index (χ2n) is 11.7. The first-order valence-corrected chi connectivity index (χ1v) is 14.2. The van der Waals surface area contributed by atoms with Crippen LogP contribution in [0.4, 0.5) is 10.1 Å². The van der Waals surface area contributed by atoms with Gasteiger partial charge in [0.1, 0.15) is 23.4 Å². The molecule has 1 aromatic carbocycles. The Labute approximate surface area is 232 Å². The molecule has 0 aliphatic carbocycles. The molecular weight excluding hydrogens is 517 g/mol. The van der Waals surface area contributed by atoms with Crippen LogP contribution in [-0.4, -0.2) is 92.7 Å². The van der Waals surface area contributed by atoms with E-state index in [1.54, 1.807) is 12.1 Å². The average Bonchev–Trinajstić information content (AvgIpc) is 3.54. The molecule has 0 spiro atoms. The van der Waals surface area contributed by atoms with E-state index in [1.807, 2.05) is 6.07 Å². The Balaban J connectivity index is 1.20. The van der Waals surface area contributed by atoms with Crippen LogP contribution in [-0.2, 0) is 11.8 Å². The van der Waals surface area contributed by atoms with Crippen molar-refractivity contribution in [3.63, 3.8) is 0 Å². The number of tetrazole rings is 1. The minimum Gasteiger partial charge on any atom is -0.488 e. The highest BCUT2D eigenvalue weighted by molar-refractivity contribution is 6.01. The molecular formula is C27H38FN9O3. The molecule has 4 aliphatic heterocycles. The predicted octanol–water partition coefficient (Wildman–Crippen LogP) is 2.04. The Kier molecular flexibility index (Phi) is 7.34. The summed E-state index contributed by atoms with van der Waals surface area (Å²) >= 11 is 0. The van der Waals surface area contributed by atoms with Crippen LogP contribution in [0.5, 0.6) is 5.75 Å². The van der Waals surface area contributed by atoms with Crippen LogP contribution in [0.15, 0.2) is 33.0 Å². The van der Waals surface area contributed by atoms with Crippen molar-refractivity contribution in [1.29, 1.82) is 0 Å². The van der Waals surface area contributed by atoms with Crippen LogP contribution in [0, 0.1) is 0 Å². The minimum atomic E-state index is -1.38. The number of ether oxygens (including phenoxy) is 2. The second-order valence-corrected chi connectivity index (χ2v) is 11.7.